The van der Waals surface area contributed by atoms with Crippen molar-refractivity contribution in [1.29, 1.82) is 0 Å². The Balaban J connectivity index is 2.58. The molecule has 3 nitrogen and oxygen atoms in total. The Kier molecular flexibility index (Phi) is 3.09. The number of halogens is 1. The lowest BCUT2D eigenvalue weighted by molar-refractivity contribution is 0.469. The summed E-state index contributed by atoms with van der Waals surface area (Å²) >= 11 is 0. The molecule has 2 aromatic carbocycles. The van der Waals surface area contributed by atoms with Gasteiger partial charge in [-0.1, -0.05) is 12.1 Å². The second-order valence-corrected chi connectivity index (χ2v) is 6.01. The number of aromatic hydroxyl groups is 1. The molecule has 0 unspecified atom stereocenters. The van der Waals surface area contributed by atoms with E-state index in [-0.39, 0.29) is 10.6 Å². The van der Waals surface area contributed by atoms with Gasteiger partial charge in [-0.15, -0.1) is 0 Å². The zero-order valence-corrected chi connectivity index (χ0v) is 10.4. The van der Waals surface area contributed by atoms with E-state index in [0.29, 0.717) is 11.1 Å². The molecule has 0 aliphatic carbocycles. The summed E-state index contributed by atoms with van der Waals surface area (Å²) < 4.78 is 36.0. The molecule has 0 amide bonds. The summed E-state index contributed by atoms with van der Waals surface area (Å²) in [6.07, 6.45) is 1.11. The van der Waals surface area contributed by atoms with Gasteiger partial charge in [0.1, 0.15) is 11.6 Å². The molecule has 18 heavy (non-hydrogen) atoms. The van der Waals surface area contributed by atoms with E-state index >= 15 is 0 Å². The van der Waals surface area contributed by atoms with Crippen molar-refractivity contribution >= 4 is 9.84 Å². The van der Waals surface area contributed by atoms with E-state index in [9.17, 15) is 17.9 Å². The molecule has 0 atom stereocenters. The summed E-state index contributed by atoms with van der Waals surface area (Å²) in [5.41, 5.74) is 0.964. The first-order valence-corrected chi connectivity index (χ1v) is 7.05. The predicted octanol–water partition coefficient (Wildman–Crippen LogP) is 2.60. The summed E-state index contributed by atoms with van der Waals surface area (Å²) in [4.78, 5) is 0.156. The normalized spacial score (nSPS) is 11.4. The Labute approximate surface area is 104 Å². The SMILES string of the molecule is CS(=O)(=O)c1cccc(-c2cc(O)cc(F)c2)c1. The molecular weight excluding hydrogens is 255 g/mol. The highest BCUT2D eigenvalue weighted by atomic mass is 32.2. The van der Waals surface area contributed by atoms with Gasteiger partial charge in [-0.25, -0.2) is 12.8 Å². The van der Waals surface area contributed by atoms with E-state index in [1.165, 1.54) is 24.3 Å². The highest BCUT2D eigenvalue weighted by molar-refractivity contribution is 7.90. The summed E-state index contributed by atoms with van der Waals surface area (Å²) in [7, 11) is -3.31. The van der Waals surface area contributed by atoms with Crippen molar-refractivity contribution in [3.8, 4) is 16.9 Å². The van der Waals surface area contributed by atoms with Crippen molar-refractivity contribution in [3.63, 3.8) is 0 Å². The third-order valence-electron chi connectivity index (χ3n) is 2.48. The standard InChI is InChI=1S/C13H11FO3S/c1-18(16,17)13-4-2-3-9(7-13)10-5-11(14)8-12(15)6-10/h2-8,15H,1H3. The van der Waals surface area contributed by atoms with E-state index in [1.54, 1.807) is 12.1 Å². The van der Waals surface area contributed by atoms with Gasteiger partial charge >= 0.3 is 0 Å². The van der Waals surface area contributed by atoms with Crippen LogP contribution in [0.25, 0.3) is 11.1 Å². The van der Waals surface area contributed by atoms with Crippen molar-refractivity contribution in [3.05, 3.63) is 48.3 Å². The fourth-order valence-electron chi connectivity index (χ4n) is 1.65. The highest BCUT2D eigenvalue weighted by Crippen LogP contribution is 2.26. The maximum atomic E-state index is 13.2. The molecule has 0 spiro atoms. The van der Waals surface area contributed by atoms with E-state index in [1.807, 2.05) is 0 Å². The monoisotopic (exact) mass is 266 g/mol. The molecule has 2 rings (SSSR count). The van der Waals surface area contributed by atoms with Crippen LogP contribution in [0, 0.1) is 5.82 Å². The van der Waals surface area contributed by atoms with Crippen LogP contribution in [0.1, 0.15) is 0 Å². The van der Waals surface area contributed by atoms with Gasteiger partial charge in [0.15, 0.2) is 9.84 Å². The smallest absolute Gasteiger partial charge is 0.175 e. The van der Waals surface area contributed by atoms with Crippen LogP contribution >= 0.6 is 0 Å². The van der Waals surface area contributed by atoms with Gasteiger partial charge in [-0.05, 0) is 35.4 Å². The van der Waals surface area contributed by atoms with Gasteiger partial charge in [0, 0.05) is 12.3 Å². The summed E-state index contributed by atoms with van der Waals surface area (Å²) in [6.45, 7) is 0. The maximum Gasteiger partial charge on any atom is 0.175 e. The van der Waals surface area contributed by atoms with Crippen LogP contribution in [0.3, 0.4) is 0 Å². The number of phenols is 1. The lowest BCUT2D eigenvalue weighted by Gasteiger charge is -2.05. The minimum absolute atomic E-state index is 0.156. The summed E-state index contributed by atoms with van der Waals surface area (Å²) in [5, 5.41) is 9.33. The van der Waals surface area contributed by atoms with Gasteiger partial charge in [0.05, 0.1) is 4.90 Å². The molecule has 0 saturated heterocycles. The number of hydrogen-bond acceptors (Lipinski definition) is 3. The Morgan fingerprint density at radius 1 is 1.06 bits per heavy atom. The van der Waals surface area contributed by atoms with Crippen LogP contribution < -0.4 is 0 Å². The molecule has 0 radical (unpaired) electrons. The zero-order valence-electron chi connectivity index (χ0n) is 9.59. The quantitative estimate of drug-likeness (QED) is 0.909. The summed E-state index contributed by atoms with van der Waals surface area (Å²) in [6, 6.07) is 9.76. The number of benzene rings is 2. The Morgan fingerprint density at radius 3 is 2.39 bits per heavy atom. The van der Waals surface area contributed by atoms with Crippen LogP contribution in [0.5, 0.6) is 5.75 Å². The number of rotatable bonds is 2. The van der Waals surface area contributed by atoms with Gasteiger partial charge in [0.25, 0.3) is 0 Å². The van der Waals surface area contributed by atoms with Gasteiger partial charge in [-0.3, -0.25) is 0 Å². The van der Waals surface area contributed by atoms with Crippen LogP contribution in [0.2, 0.25) is 0 Å². The molecule has 0 aliphatic rings. The minimum atomic E-state index is -3.31. The second-order valence-electron chi connectivity index (χ2n) is 4.00. The predicted molar refractivity (Wildman–Crippen MR) is 66.6 cm³/mol. The molecule has 2 aromatic rings. The number of phenolic OH excluding ortho intramolecular Hbond substituents is 1. The fourth-order valence-corrected chi connectivity index (χ4v) is 2.31. The van der Waals surface area contributed by atoms with Gasteiger partial charge in [0.2, 0.25) is 0 Å². The van der Waals surface area contributed by atoms with E-state index in [0.717, 1.165) is 12.3 Å². The maximum absolute atomic E-state index is 13.2. The van der Waals surface area contributed by atoms with Crippen molar-refractivity contribution in [1.82, 2.24) is 0 Å². The molecule has 0 aliphatic heterocycles. The third-order valence-corrected chi connectivity index (χ3v) is 3.59. The van der Waals surface area contributed by atoms with Crippen molar-refractivity contribution in [2.45, 2.75) is 4.90 Å². The van der Waals surface area contributed by atoms with E-state index < -0.39 is 15.7 Å². The molecule has 0 heterocycles. The Bertz CT molecular complexity index is 673. The fraction of sp³-hybridized carbons (Fsp3) is 0.0769. The van der Waals surface area contributed by atoms with Gasteiger partial charge in [-0.2, -0.15) is 0 Å². The van der Waals surface area contributed by atoms with Crippen molar-refractivity contribution < 1.29 is 17.9 Å². The molecule has 0 bridgehead atoms. The molecule has 0 saturated carbocycles. The number of sulfone groups is 1. The average Bonchev–Trinajstić information content (AvgIpc) is 2.27. The highest BCUT2D eigenvalue weighted by Gasteiger charge is 2.09. The van der Waals surface area contributed by atoms with E-state index in [2.05, 4.69) is 0 Å². The summed E-state index contributed by atoms with van der Waals surface area (Å²) in [5.74, 6) is -0.774. The number of hydrogen-bond donors (Lipinski definition) is 1. The molecule has 94 valence electrons. The van der Waals surface area contributed by atoms with Crippen molar-refractivity contribution in [2.75, 3.05) is 6.26 Å². The van der Waals surface area contributed by atoms with Gasteiger partial charge < -0.3 is 5.11 Å². The minimum Gasteiger partial charge on any atom is -0.508 e. The largest absolute Gasteiger partial charge is 0.508 e. The van der Waals surface area contributed by atoms with Crippen LogP contribution in [0.4, 0.5) is 4.39 Å². The van der Waals surface area contributed by atoms with E-state index in [4.69, 9.17) is 0 Å². The first-order chi connectivity index (χ1) is 8.36. The first kappa shape index (κ1) is 12.6. The average molecular weight is 266 g/mol. The molecule has 5 heteroatoms. The molecular formula is C13H11FO3S. The van der Waals surface area contributed by atoms with Crippen LogP contribution in [-0.2, 0) is 9.84 Å². The lowest BCUT2D eigenvalue weighted by atomic mass is 10.1. The Hall–Kier alpha value is -1.88. The Morgan fingerprint density at radius 2 is 1.78 bits per heavy atom. The van der Waals surface area contributed by atoms with Crippen LogP contribution in [0.15, 0.2) is 47.4 Å². The lowest BCUT2D eigenvalue weighted by Crippen LogP contribution is -1.96. The zero-order chi connectivity index (χ0) is 13.3. The second kappa shape index (κ2) is 4.42. The third kappa shape index (κ3) is 2.68. The first-order valence-electron chi connectivity index (χ1n) is 5.16. The molecule has 0 aromatic heterocycles. The van der Waals surface area contributed by atoms with Crippen molar-refractivity contribution in [2.24, 2.45) is 0 Å². The molecule has 0 fully saturated rings. The molecule has 1 N–H and O–H groups in total. The topological polar surface area (TPSA) is 54.4 Å². The van der Waals surface area contributed by atoms with Crippen LogP contribution in [-0.4, -0.2) is 19.8 Å².